The van der Waals surface area contributed by atoms with Gasteiger partial charge in [0.1, 0.15) is 0 Å². The van der Waals surface area contributed by atoms with Crippen LogP contribution in [0.3, 0.4) is 0 Å². The molecule has 0 atom stereocenters. The third-order valence-electron chi connectivity index (χ3n) is 2.18. The molecule has 2 aromatic rings. The zero-order valence-electron chi connectivity index (χ0n) is 9.27. The summed E-state index contributed by atoms with van der Waals surface area (Å²) in [5, 5.41) is 3.71. The lowest BCUT2D eigenvalue weighted by atomic mass is 10.1. The molecule has 0 bridgehead atoms. The van der Waals surface area contributed by atoms with Crippen LogP contribution in [0, 0.1) is 0 Å². The summed E-state index contributed by atoms with van der Waals surface area (Å²) >= 11 is 0. The summed E-state index contributed by atoms with van der Waals surface area (Å²) in [6, 6.07) is 3.82. The monoisotopic (exact) mass is 215 g/mol. The van der Waals surface area contributed by atoms with Crippen LogP contribution in [0.5, 0.6) is 0 Å². The van der Waals surface area contributed by atoms with E-state index >= 15 is 0 Å². The van der Waals surface area contributed by atoms with Crippen molar-refractivity contribution in [2.24, 2.45) is 0 Å². The fraction of sp³-hybridized carbons (Fsp3) is 0.250. The maximum Gasteiger partial charge on any atom is 0.255 e. The Kier molecular flexibility index (Phi) is 2.81. The molecule has 0 aliphatic rings. The van der Waals surface area contributed by atoms with Crippen molar-refractivity contribution in [3.8, 4) is 0 Å². The molecule has 0 saturated heterocycles. The number of hydrogen-bond donors (Lipinski definition) is 1. The van der Waals surface area contributed by atoms with Gasteiger partial charge in [-0.25, -0.2) is 0 Å². The topological polar surface area (TPSA) is 54.9 Å². The second kappa shape index (κ2) is 4.26. The summed E-state index contributed by atoms with van der Waals surface area (Å²) in [6.45, 7) is 3.84. The molecule has 0 aliphatic carbocycles. The van der Waals surface area contributed by atoms with Crippen LogP contribution in [-0.2, 0) is 0 Å². The molecule has 2 aromatic heterocycles. The number of amides is 1. The number of rotatable bonds is 2. The Morgan fingerprint density at radius 3 is 2.94 bits per heavy atom. The highest BCUT2D eigenvalue weighted by Crippen LogP contribution is 2.13. The van der Waals surface area contributed by atoms with Gasteiger partial charge in [0, 0.05) is 30.0 Å². The zero-order chi connectivity index (χ0) is 11.5. The molecule has 0 spiro atoms. The van der Waals surface area contributed by atoms with Crippen molar-refractivity contribution < 1.29 is 4.79 Å². The average molecular weight is 215 g/mol. The Bertz CT molecular complexity index is 517. The van der Waals surface area contributed by atoms with Crippen molar-refractivity contribution in [3.05, 3.63) is 36.3 Å². The van der Waals surface area contributed by atoms with Crippen LogP contribution in [0.2, 0.25) is 0 Å². The highest BCUT2D eigenvalue weighted by atomic mass is 16.1. The van der Waals surface area contributed by atoms with Crippen LogP contribution < -0.4 is 5.32 Å². The molecule has 0 aliphatic heterocycles. The lowest BCUT2D eigenvalue weighted by molar-refractivity contribution is 0.0944. The standard InChI is InChI=1S/C12H13N3O/c1-8(2)15-12(16)10-7-13-6-9-4-3-5-14-11(9)10/h3-8H,1-2H3,(H,15,16). The first-order valence-corrected chi connectivity index (χ1v) is 5.18. The highest BCUT2D eigenvalue weighted by Gasteiger charge is 2.11. The Labute approximate surface area is 93.7 Å². The predicted octanol–water partition coefficient (Wildman–Crippen LogP) is 1.77. The molecule has 0 fully saturated rings. The summed E-state index contributed by atoms with van der Waals surface area (Å²) < 4.78 is 0. The number of carbonyl (C=O) groups excluding carboxylic acids is 1. The average Bonchev–Trinajstić information content (AvgIpc) is 2.27. The summed E-state index contributed by atoms with van der Waals surface area (Å²) in [4.78, 5) is 20.1. The van der Waals surface area contributed by atoms with Gasteiger partial charge in [0.25, 0.3) is 5.91 Å². The Balaban J connectivity index is 2.48. The van der Waals surface area contributed by atoms with Gasteiger partial charge in [-0.1, -0.05) is 0 Å². The molecular weight excluding hydrogens is 202 g/mol. The van der Waals surface area contributed by atoms with Crippen LogP contribution in [0.1, 0.15) is 24.2 Å². The van der Waals surface area contributed by atoms with Gasteiger partial charge in [0.2, 0.25) is 0 Å². The van der Waals surface area contributed by atoms with Crippen LogP contribution in [0.25, 0.3) is 10.9 Å². The van der Waals surface area contributed by atoms with Gasteiger partial charge < -0.3 is 5.32 Å². The number of pyridine rings is 2. The summed E-state index contributed by atoms with van der Waals surface area (Å²) in [6.07, 6.45) is 4.93. The van der Waals surface area contributed by atoms with E-state index in [1.807, 2.05) is 26.0 Å². The minimum absolute atomic E-state index is 0.103. The van der Waals surface area contributed by atoms with E-state index in [0.717, 1.165) is 5.39 Å². The minimum Gasteiger partial charge on any atom is -0.350 e. The van der Waals surface area contributed by atoms with E-state index in [-0.39, 0.29) is 11.9 Å². The van der Waals surface area contributed by atoms with E-state index in [1.54, 1.807) is 18.6 Å². The molecule has 0 saturated carbocycles. The maximum atomic E-state index is 11.9. The normalized spacial score (nSPS) is 10.7. The molecule has 2 heterocycles. The summed E-state index contributed by atoms with van der Waals surface area (Å²) in [5.41, 5.74) is 1.21. The van der Waals surface area contributed by atoms with Crippen molar-refractivity contribution in [3.63, 3.8) is 0 Å². The van der Waals surface area contributed by atoms with Crippen LogP contribution in [0.15, 0.2) is 30.7 Å². The van der Waals surface area contributed by atoms with E-state index < -0.39 is 0 Å². The third-order valence-corrected chi connectivity index (χ3v) is 2.18. The van der Waals surface area contributed by atoms with Crippen molar-refractivity contribution in [1.82, 2.24) is 15.3 Å². The van der Waals surface area contributed by atoms with Gasteiger partial charge >= 0.3 is 0 Å². The number of carbonyl (C=O) groups is 1. The van der Waals surface area contributed by atoms with Crippen molar-refractivity contribution in [2.45, 2.75) is 19.9 Å². The van der Waals surface area contributed by atoms with E-state index in [4.69, 9.17) is 0 Å². The number of aromatic nitrogens is 2. The van der Waals surface area contributed by atoms with Gasteiger partial charge in [0.15, 0.2) is 0 Å². The Morgan fingerprint density at radius 2 is 2.19 bits per heavy atom. The highest BCUT2D eigenvalue weighted by molar-refractivity contribution is 6.04. The molecule has 1 amide bonds. The fourth-order valence-corrected chi connectivity index (χ4v) is 1.51. The number of nitrogens with zero attached hydrogens (tertiary/aromatic N) is 2. The van der Waals surface area contributed by atoms with E-state index in [1.165, 1.54) is 0 Å². The first-order valence-electron chi connectivity index (χ1n) is 5.18. The lowest BCUT2D eigenvalue weighted by Crippen LogP contribution is -2.30. The second-order valence-electron chi connectivity index (χ2n) is 3.89. The first kappa shape index (κ1) is 10.5. The van der Waals surface area contributed by atoms with E-state index in [2.05, 4.69) is 15.3 Å². The Hall–Kier alpha value is -1.97. The Morgan fingerprint density at radius 1 is 1.38 bits per heavy atom. The smallest absolute Gasteiger partial charge is 0.255 e. The van der Waals surface area contributed by atoms with Crippen molar-refractivity contribution in [1.29, 1.82) is 0 Å². The first-order chi connectivity index (χ1) is 7.68. The molecule has 82 valence electrons. The molecule has 16 heavy (non-hydrogen) atoms. The fourth-order valence-electron chi connectivity index (χ4n) is 1.51. The quantitative estimate of drug-likeness (QED) is 0.830. The van der Waals surface area contributed by atoms with Gasteiger partial charge in [0.05, 0.1) is 11.1 Å². The predicted molar refractivity (Wildman–Crippen MR) is 62.1 cm³/mol. The molecule has 4 nitrogen and oxygen atoms in total. The van der Waals surface area contributed by atoms with Gasteiger partial charge in [-0.15, -0.1) is 0 Å². The molecule has 0 aromatic carbocycles. The van der Waals surface area contributed by atoms with Crippen LogP contribution in [-0.4, -0.2) is 21.9 Å². The zero-order valence-corrected chi connectivity index (χ0v) is 9.27. The van der Waals surface area contributed by atoms with Gasteiger partial charge in [-0.05, 0) is 26.0 Å². The summed E-state index contributed by atoms with van der Waals surface area (Å²) in [5.74, 6) is -0.133. The molecule has 4 heteroatoms. The van der Waals surface area contributed by atoms with Crippen LogP contribution >= 0.6 is 0 Å². The van der Waals surface area contributed by atoms with E-state index in [0.29, 0.717) is 11.1 Å². The summed E-state index contributed by atoms with van der Waals surface area (Å²) in [7, 11) is 0. The van der Waals surface area contributed by atoms with Crippen LogP contribution in [0.4, 0.5) is 0 Å². The second-order valence-corrected chi connectivity index (χ2v) is 3.89. The maximum absolute atomic E-state index is 11.9. The molecule has 2 rings (SSSR count). The number of hydrogen-bond acceptors (Lipinski definition) is 3. The van der Waals surface area contributed by atoms with E-state index in [9.17, 15) is 4.79 Å². The molecule has 0 unspecified atom stereocenters. The SMILES string of the molecule is CC(C)NC(=O)c1cncc2cccnc12. The number of fused-ring (bicyclic) bond motifs is 1. The van der Waals surface area contributed by atoms with Crippen molar-refractivity contribution in [2.75, 3.05) is 0 Å². The molecule has 1 N–H and O–H groups in total. The van der Waals surface area contributed by atoms with Crippen molar-refractivity contribution >= 4 is 16.8 Å². The number of nitrogens with one attached hydrogen (secondary N) is 1. The molecular formula is C12H13N3O. The largest absolute Gasteiger partial charge is 0.350 e. The third kappa shape index (κ3) is 2.00. The lowest BCUT2D eigenvalue weighted by Gasteiger charge is -2.09. The van der Waals surface area contributed by atoms with Gasteiger partial charge in [-0.3, -0.25) is 14.8 Å². The minimum atomic E-state index is -0.133. The van der Waals surface area contributed by atoms with Gasteiger partial charge in [-0.2, -0.15) is 0 Å². The molecule has 0 radical (unpaired) electrons.